The van der Waals surface area contributed by atoms with Crippen LogP contribution in [0.3, 0.4) is 0 Å². The molecule has 0 radical (unpaired) electrons. The van der Waals surface area contributed by atoms with Gasteiger partial charge in [-0.1, -0.05) is 27.7 Å². The lowest BCUT2D eigenvalue weighted by molar-refractivity contribution is -0.126. The summed E-state index contributed by atoms with van der Waals surface area (Å²) in [6, 6.07) is -0.355. The van der Waals surface area contributed by atoms with Gasteiger partial charge in [0.2, 0.25) is 0 Å². The molecule has 1 N–H and O–H groups in total. The molecule has 0 aromatic heterocycles. The highest BCUT2D eigenvalue weighted by Gasteiger charge is 2.52. The van der Waals surface area contributed by atoms with Crippen molar-refractivity contribution in [1.82, 2.24) is 9.24 Å². The molecule has 1 aliphatic heterocycles. The predicted octanol–water partition coefficient (Wildman–Crippen LogP) is 2.68. The zero-order valence-electron chi connectivity index (χ0n) is 10.2. The monoisotopic (exact) mass is 290 g/mol. The molecule has 0 bridgehead atoms. The van der Waals surface area contributed by atoms with Crippen molar-refractivity contribution in [1.29, 1.82) is 0 Å². The van der Waals surface area contributed by atoms with Gasteiger partial charge < -0.3 is 0 Å². The van der Waals surface area contributed by atoms with E-state index >= 15 is 0 Å². The van der Waals surface area contributed by atoms with Crippen molar-refractivity contribution in [2.75, 3.05) is 0 Å². The van der Waals surface area contributed by atoms with E-state index in [1.54, 1.807) is 0 Å². The number of carbonyl (C=O) groups is 2. The van der Waals surface area contributed by atoms with E-state index in [1.807, 2.05) is 0 Å². The first-order chi connectivity index (χ1) is 7.29. The molecule has 92 valence electrons. The number of nitrogens with one attached hydrogen (secondary N) is 1. The Labute approximate surface area is 105 Å². The molecule has 4 nitrogen and oxygen atoms in total. The molecule has 1 heterocycles. The Bertz CT molecular complexity index is 292. The minimum Gasteiger partial charge on any atom is -0.275 e. The number of urea groups is 1. The lowest BCUT2D eigenvalue weighted by atomic mass is 9.82. The molecule has 0 aliphatic carbocycles. The topological polar surface area (TPSA) is 49.4 Å². The van der Waals surface area contributed by atoms with Crippen molar-refractivity contribution < 1.29 is 9.59 Å². The Morgan fingerprint density at radius 3 is 1.88 bits per heavy atom. The molecule has 0 unspecified atom stereocenters. The summed E-state index contributed by atoms with van der Waals surface area (Å²) in [6.45, 7) is 8.22. The second kappa shape index (κ2) is 4.73. The normalized spacial score (nSPS) is 19.8. The molecule has 3 amide bonds. The summed E-state index contributed by atoms with van der Waals surface area (Å²) >= 11 is 3.23. The molecular weight excluding hydrogens is 272 g/mol. The van der Waals surface area contributed by atoms with Gasteiger partial charge in [0.25, 0.3) is 5.91 Å². The maximum atomic E-state index is 12.0. The van der Waals surface area contributed by atoms with E-state index in [1.165, 1.54) is 3.93 Å². The van der Waals surface area contributed by atoms with Crippen molar-refractivity contribution in [2.45, 2.75) is 46.1 Å². The standard InChI is InChI=1S/C11H19BrN2O2/c1-7(2)5-11(6-8(3)4)9(15)13-10(16)14(11)12/h7-8H,5-6H2,1-4H3,(H,13,15,16). The van der Waals surface area contributed by atoms with Crippen molar-refractivity contribution >= 4 is 28.1 Å². The van der Waals surface area contributed by atoms with Crippen LogP contribution in [0.1, 0.15) is 40.5 Å². The first-order valence-electron chi connectivity index (χ1n) is 5.61. The predicted molar refractivity (Wildman–Crippen MR) is 65.9 cm³/mol. The van der Waals surface area contributed by atoms with Crippen LogP contribution in [0.25, 0.3) is 0 Å². The fourth-order valence-corrected chi connectivity index (χ4v) is 2.87. The zero-order valence-corrected chi connectivity index (χ0v) is 11.8. The van der Waals surface area contributed by atoms with Gasteiger partial charge in [0.1, 0.15) is 5.54 Å². The van der Waals surface area contributed by atoms with Crippen molar-refractivity contribution in [3.05, 3.63) is 0 Å². The van der Waals surface area contributed by atoms with E-state index < -0.39 is 5.54 Å². The van der Waals surface area contributed by atoms with Gasteiger partial charge in [-0.2, -0.15) is 0 Å². The highest BCUT2D eigenvalue weighted by atomic mass is 79.9. The molecule has 0 aromatic carbocycles. The van der Waals surface area contributed by atoms with Gasteiger partial charge >= 0.3 is 6.03 Å². The lowest BCUT2D eigenvalue weighted by Gasteiger charge is -2.33. The maximum Gasteiger partial charge on any atom is 0.335 e. The lowest BCUT2D eigenvalue weighted by Crippen LogP contribution is -2.47. The van der Waals surface area contributed by atoms with Gasteiger partial charge in [-0.05, 0) is 24.7 Å². The van der Waals surface area contributed by atoms with Crippen LogP contribution in [0.15, 0.2) is 0 Å². The fourth-order valence-electron chi connectivity index (χ4n) is 2.33. The molecule has 0 spiro atoms. The van der Waals surface area contributed by atoms with Crippen molar-refractivity contribution in [3.63, 3.8) is 0 Å². The third-order valence-electron chi connectivity index (χ3n) is 2.69. The van der Waals surface area contributed by atoms with E-state index in [0.29, 0.717) is 24.7 Å². The summed E-state index contributed by atoms with van der Waals surface area (Å²) in [5.74, 6) is 0.530. The van der Waals surface area contributed by atoms with Crippen LogP contribution < -0.4 is 5.32 Å². The molecule has 1 saturated heterocycles. The van der Waals surface area contributed by atoms with Gasteiger partial charge in [0, 0.05) is 0 Å². The molecule has 0 saturated carbocycles. The highest BCUT2D eigenvalue weighted by Crippen LogP contribution is 2.37. The van der Waals surface area contributed by atoms with E-state index in [9.17, 15) is 9.59 Å². The largest absolute Gasteiger partial charge is 0.335 e. The third-order valence-corrected chi connectivity index (χ3v) is 3.69. The van der Waals surface area contributed by atoms with E-state index in [-0.39, 0.29) is 11.9 Å². The maximum absolute atomic E-state index is 12.0. The molecule has 5 heteroatoms. The Morgan fingerprint density at radius 1 is 1.19 bits per heavy atom. The number of hydrogen-bond acceptors (Lipinski definition) is 2. The smallest absolute Gasteiger partial charge is 0.275 e. The summed E-state index contributed by atoms with van der Waals surface area (Å²) in [5, 5.41) is 2.37. The molecule has 1 fully saturated rings. The van der Waals surface area contributed by atoms with Crippen LogP contribution in [0.5, 0.6) is 0 Å². The molecule has 1 rings (SSSR count). The number of amides is 3. The highest BCUT2D eigenvalue weighted by molar-refractivity contribution is 9.07. The van der Waals surface area contributed by atoms with Crippen LogP contribution in [0, 0.1) is 11.8 Å². The molecular formula is C11H19BrN2O2. The Kier molecular flexibility index (Phi) is 3.99. The fraction of sp³-hybridized carbons (Fsp3) is 0.818. The van der Waals surface area contributed by atoms with Crippen LogP contribution in [0.4, 0.5) is 4.79 Å². The zero-order chi connectivity index (χ0) is 12.5. The van der Waals surface area contributed by atoms with Gasteiger partial charge in [0.15, 0.2) is 0 Å². The number of carbonyl (C=O) groups excluding carboxylic acids is 2. The quantitative estimate of drug-likeness (QED) is 0.639. The summed E-state index contributed by atoms with van der Waals surface area (Å²) in [7, 11) is 0. The third kappa shape index (κ3) is 2.39. The Morgan fingerprint density at radius 2 is 1.62 bits per heavy atom. The SMILES string of the molecule is CC(C)CC1(CC(C)C)C(=O)NC(=O)N1Br. The Balaban J connectivity index is 3.02. The first kappa shape index (κ1) is 13.5. The van der Waals surface area contributed by atoms with Crippen molar-refractivity contribution in [2.24, 2.45) is 11.8 Å². The van der Waals surface area contributed by atoms with Crippen LogP contribution in [-0.4, -0.2) is 21.4 Å². The molecule has 0 atom stereocenters. The van der Waals surface area contributed by atoms with E-state index in [0.717, 1.165) is 0 Å². The number of rotatable bonds is 4. The summed E-state index contributed by atoms with van der Waals surface area (Å²) in [5.41, 5.74) is -0.723. The van der Waals surface area contributed by atoms with Crippen LogP contribution in [0.2, 0.25) is 0 Å². The number of nitrogens with zero attached hydrogens (tertiary/aromatic N) is 1. The number of hydrogen-bond donors (Lipinski definition) is 1. The van der Waals surface area contributed by atoms with Crippen LogP contribution in [-0.2, 0) is 4.79 Å². The summed E-state index contributed by atoms with van der Waals surface area (Å²) in [6.07, 6.45) is 1.35. The molecule has 1 aliphatic rings. The molecule has 16 heavy (non-hydrogen) atoms. The van der Waals surface area contributed by atoms with Gasteiger partial charge in [-0.3, -0.25) is 10.1 Å². The number of imide groups is 1. The minimum absolute atomic E-state index is 0.184. The van der Waals surface area contributed by atoms with Crippen LogP contribution >= 0.6 is 16.1 Å². The average molecular weight is 291 g/mol. The number of halogens is 1. The molecule has 0 aromatic rings. The van der Waals surface area contributed by atoms with E-state index in [4.69, 9.17) is 0 Å². The second-order valence-corrected chi connectivity index (χ2v) is 5.98. The van der Waals surface area contributed by atoms with Gasteiger partial charge in [0.05, 0.1) is 16.1 Å². The second-order valence-electron chi connectivity index (χ2n) is 5.27. The van der Waals surface area contributed by atoms with Gasteiger partial charge in [-0.15, -0.1) is 0 Å². The van der Waals surface area contributed by atoms with E-state index in [2.05, 4.69) is 49.2 Å². The van der Waals surface area contributed by atoms with Crippen molar-refractivity contribution in [3.8, 4) is 0 Å². The summed E-state index contributed by atoms with van der Waals surface area (Å²) < 4.78 is 1.39. The Hall–Kier alpha value is -0.580. The van der Waals surface area contributed by atoms with Gasteiger partial charge in [-0.25, -0.2) is 8.72 Å². The summed E-state index contributed by atoms with van der Waals surface area (Å²) in [4.78, 5) is 23.5. The first-order valence-corrected chi connectivity index (χ1v) is 6.32. The average Bonchev–Trinajstić information content (AvgIpc) is 2.29. The minimum atomic E-state index is -0.723.